The van der Waals surface area contributed by atoms with Gasteiger partial charge in [0.15, 0.2) is 0 Å². The summed E-state index contributed by atoms with van der Waals surface area (Å²) in [5.74, 6) is -0.658. The van der Waals surface area contributed by atoms with Gasteiger partial charge in [-0.05, 0) is 35.0 Å². The molecule has 110 valence electrons. The maximum absolute atomic E-state index is 13.4. The zero-order chi connectivity index (χ0) is 15.4. The summed E-state index contributed by atoms with van der Waals surface area (Å²) in [6, 6.07) is 4.00. The lowest BCUT2D eigenvalue weighted by atomic mass is 10.3. The van der Waals surface area contributed by atoms with Crippen LogP contribution < -0.4 is 10.1 Å². The lowest BCUT2D eigenvalue weighted by Crippen LogP contribution is -2.06. The Kier molecular flexibility index (Phi) is 4.63. The van der Waals surface area contributed by atoms with Crippen molar-refractivity contribution in [3.05, 3.63) is 44.9 Å². The van der Waals surface area contributed by atoms with Crippen LogP contribution in [0.2, 0.25) is 0 Å². The maximum atomic E-state index is 13.4. The van der Waals surface area contributed by atoms with Gasteiger partial charge >= 0.3 is 11.6 Å². The summed E-state index contributed by atoms with van der Waals surface area (Å²) < 4.78 is 19.0. The van der Waals surface area contributed by atoms with E-state index in [2.05, 4.69) is 31.2 Å². The van der Waals surface area contributed by atoms with Crippen molar-refractivity contribution in [3.63, 3.8) is 0 Å². The van der Waals surface area contributed by atoms with E-state index in [1.54, 1.807) is 6.92 Å². The van der Waals surface area contributed by atoms with Crippen molar-refractivity contribution in [2.24, 2.45) is 0 Å². The highest BCUT2D eigenvalue weighted by Gasteiger charge is 2.24. The first-order valence-corrected chi connectivity index (χ1v) is 6.68. The molecule has 7 nitrogen and oxygen atoms in total. The Morgan fingerprint density at radius 2 is 2.24 bits per heavy atom. The SMILES string of the molecule is CCNc1ncnc(Oc2ccc(Br)c(F)c2)c1[N+](=O)[O-]. The molecule has 2 aromatic rings. The predicted octanol–water partition coefficient (Wildman–Crippen LogP) is 3.51. The molecule has 0 fully saturated rings. The fraction of sp³-hybridized carbons (Fsp3) is 0.167. The summed E-state index contributed by atoms with van der Waals surface area (Å²) in [4.78, 5) is 18.0. The van der Waals surface area contributed by atoms with Crippen molar-refractivity contribution in [2.45, 2.75) is 6.92 Å². The summed E-state index contributed by atoms with van der Waals surface area (Å²) in [5, 5.41) is 13.9. The van der Waals surface area contributed by atoms with E-state index in [1.165, 1.54) is 12.1 Å². The van der Waals surface area contributed by atoms with Crippen LogP contribution in [0.25, 0.3) is 0 Å². The molecule has 0 saturated heterocycles. The number of anilines is 1. The van der Waals surface area contributed by atoms with E-state index in [1.807, 2.05) is 0 Å². The predicted molar refractivity (Wildman–Crippen MR) is 77.0 cm³/mol. The number of aromatic nitrogens is 2. The van der Waals surface area contributed by atoms with E-state index in [4.69, 9.17) is 4.74 Å². The van der Waals surface area contributed by atoms with Gasteiger partial charge in [0.05, 0.1) is 9.40 Å². The minimum absolute atomic E-state index is 0.0464. The van der Waals surface area contributed by atoms with Crippen LogP contribution in [0, 0.1) is 15.9 Å². The molecule has 2 rings (SSSR count). The molecule has 0 atom stereocenters. The third-order valence-corrected chi connectivity index (χ3v) is 3.06. The highest BCUT2D eigenvalue weighted by Crippen LogP contribution is 2.34. The first-order valence-electron chi connectivity index (χ1n) is 5.89. The summed E-state index contributed by atoms with van der Waals surface area (Å²) in [7, 11) is 0. The van der Waals surface area contributed by atoms with Crippen molar-refractivity contribution in [1.29, 1.82) is 0 Å². The van der Waals surface area contributed by atoms with Gasteiger partial charge in [-0.15, -0.1) is 0 Å². The average Bonchev–Trinajstić information content (AvgIpc) is 2.43. The minimum Gasteiger partial charge on any atom is -0.433 e. The number of rotatable bonds is 5. The molecule has 0 bridgehead atoms. The van der Waals surface area contributed by atoms with Gasteiger partial charge in [-0.1, -0.05) is 0 Å². The van der Waals surface area contributed by atoms with Crippen LogP contribution in [0.5, 0.6) is 11.6 Å². The molecule has 0 aliphatic carbocycles. The van der Waals surface area contributed by atoms with Gasteiger partial charge in [0, 0.05) is 12.6 Å². The van der Waals surface area contributed by atoms with Gasteiger partial charge in [0.2, 0.25) is 5.82 Å². The zero-order valence-corrected chi connectivity index (χ0v) is 12.4. The van der Waals surface area contributed by atoms with E-state index < -0.39 is 16.4 Å². The zero-order valence-electron chi connectivity index (χ0n) is 10.8. The fourth-order valence-electron chi connectivity index (χ4n) is 1.55. The average molecular weight is 357 g/mol. The van der Waals surface area contributed by atoms with Gasteiger partial charge in [0.25, 0.3) is 0 Å². The molecule has 0 unspecified atom stereocenters. The van der Waals surface area contributed by atoms with E-state index in [0.29, 0.717) is 6.54 Å². The van der Waals surface area contributed by atoms with Crippen LogP contribution in [-0.2, 0) is 0 Å². The normalized spacial score (nSPS) is 10.2. The molecule has 9 heteroatoms. The number of benzene rings is 1. The van der Waals surface area contributed by atoms with Crippen molar-refractivity contribution >= 4 is 27.4 Å². The molecular weight excluding hydrogens is 347 g/mol. The molecule has 1 aromatic heterocycles. The molecule has 1 aromatic carbocycles. The highest BCUT2D eigenvalue weighted by molar-refractivity contribution is 9.10. The molecule has 21 heavy (non-hydrogen) atoms. The molecule has 0 saturated carbocycles. The number of nitrogens with zero attached hydrogens (tertiary/aromatic N) is 3. The van der Waals surface area contributed by atoms with Crippen molar-refractivity contribution in [3.8, 4) is 11.6 Å². The second-order valence-electron chi connectivity index (χ2n) is 3.84. The van der Waals surface area contributed by atoms with Crippen molar-refractivity contribution in [1.82, 2.24) is 9.97 Å². The lowest BCUT2D eigenvalue weighted by molar-refractivity contribution is -0.385. The Balaban J connectivity index is 2.41. The Labute approximate surface area is 127 Å². The minimum atomic E-state index is -0.650. The Hall–Kier alpha value is -2.29. The number of hydrogen-bond acceptors (Lipinski definition) is 6. The fourth-order valence-corrected chi connectivity index (χ4v) is 1.80. The quantitative estimate of drug-likeness (QED) is 0.651. The second-order valence-corrected chi connectivity index (χ2v) is 4.70. The monoisotopic (exact) mass is 356 g/mol. The van der Waals surface area contributed by atoms with E-state index in [0.717, 1.165) is 12.4 Å². The molecule has 0 amide bonds. The molecule has 1 N–H and O–H groups in total. The van der Waals surface area contributed by atoms with Gasteiger partial charge in [-0.25, -0.2) is 9.37 Å². The van der Waals surface area contributed by atoms with Gasteiger partial charge < -0.3 is 10.1 Å². The van der Waals surface area contributed by atoms with Crippen LogP contribution in [0.3, 0.4) is 0 Å². The number of nitrogens with one attached hydrogen (secondary N) is 1. The molecule has 0 aliphatic rings. The standard InChI is InChI=1S/C12H10BrFN4O3/c1-2-15-11-10(18(19)20)12(17-6-16-11)21-7-3-4-8(13)9(14)5-7/h3-6H,2H2,1H3,(H,15,16,17). The van der Waals surface area contributed by atoms with Crippen molar-refractivity contribution < 1.29 is 14.1 Å². The smallest absolute Gasteiger partial charge is 0.373 e. The highest BCUT2D eigenvalue weighted by atomic mass is 79.9. The summed E-state index contributed by atoms with van der Waals surface area (Å²) in [6.45, 7) is 2.22. The third-order valence-electron chi connectivity index (χ3n) is 2.42. The molecular formula is C12H10BrFN4O3. The lowest BCUT2D eigenvalue weighted by Gasteiger charge is -2.08. The van der Waals surface area contributed by atoms with E-state index in [9.17, 15) is 14.5 Å². The Bertz CT molecular complexity index is 684. The topological polar surface area (TPSA) is 90.2 Å². The number of ether oxygens (including phenoxy) is 1. The molecule has 0 aliphatic heterocycles. The second kappa shape index (κ2) is 6.44. The van der Waals surface area contributed by atoms with Crippen LogP contribution in [0.15, 0.2) is 29.0 Å². The van der Waals surface area contributed by atoms with Gasteiger partial charge in [-0.2, -0.15) is 4.98 Å². The van der Waals surface area contributed by atoms with E-state index in [-0.39, 0.29) is 21.9 Å². The van der Waals surface area contributed by atoms with Crippen LogP contribution in [0.4, 0.5) is 15.9 Å². The first-order chi connectivity index (χ1) is 10.0. The van der Waals surface area contributed by atoms with Crippen LogP contribution >= 0.6 is 15.9 Å². The number of halogens is 2. The first kappa shape index (κ1) is 15.1. The maximum Gasteiger partial charge on any atom is 0.373 e. The number of hydrogen-bond donors (Lipinski definition) is 1. The van der Waals surface area contributed by atoms with Crippen LogP contribution in [0.1, 0.15) is 6.92 Å². The molecule has 1 heterocycles. The summed E-state index contributed by atoms with van der Waals surface area (Å²) in [6.07, 6.45) is 1.13. The summed E-state index contributed by atoms with van der Waals surface area (Å²) >= 11 is 3.01. The molecule has 0 spiro atoms. The van der Waals surface area contributed by atoms with Gasteiger partial charge in [0.1, 0.15) is 17.9 Å². The third kappa shape index (κ3) is 3.43. The largest absolute Gasteiger partial charge is 0.433 e. The molecule has 0 radical (unpaired) electrons. The van der Waals surface area contributed by atoms with Crippen LogP contribution in [-0.4, -0.2) is 21.4 Å². The summed E-state index contributed by atoms with van der Waals surface area (Å²) in [5.41, 5.74) is -0.400. The van der Waals surface area contributed by atoms with E-state index >= 15 is 0 Å². The van der Waals surface area contributed by atoms with Crippen molar-refractivity contribution in [2.75, 3.05) is 11.9 Å². The number of nitro groups is 1. The Morgan fingerprint density at radius 3 is 2.86 bits per heavy atom. The Morgan fingerprint density at radius 1 is 1.48 bits per heavy atom. The van der Waals surface area contributed by atoms with Gasteiger partial charge in [-0.3, -0.25) is 10.1 Å².